The fourth-order valence-electron chi connectivity index (χ4n) is 0.910. The number of hydrogen-bond acceptors (Lipinski definition) is 8. The Labute approximate surface area is 90.4 Å². The van der Waals surface area contributed by atoms with E-state index in [1.54, 1.807) is 0 Å². The fourth-order valence-corrected chi connectivity index (χ4v) is 0.910. The summed E-state index contributed by atoms with van der Waals surface area (Å²) in [5.74, 6) is -1.47. The van der Waals surface area contributed by atoms with Crippen molar-refractivity contribution >= 4 is 12.1 Å². The molecular weight excluding hydrogens is 224 g/mol. The molecule has 0 saturated heterocycles. The van der Waals surface area contributed by atoms with Crippen molar-refractivity contribution in [2.75, 3.05) is 6.61 Å². The first-order chi connectivity index (χ1) is 7.36. The summed E-state index contributed by atoms with van der Waals surface area (Å²) in [6, 6.07) is 0. The summed E-state index contributed by atoms with van der Waals surface area (Å²) in [6.07, 6.45) is -9.55. The van der Waals surface area contributed by atoms with Crippen molar-refractivity contribution in [1.29, 1.82) is 0 Å². The van der Waals surface area contributed by atoms with Crippen molar-refractivity contribution in [2.45, 2.75) is 30.5 Å². The summed E-state index contributed by atoms with van der Waals surface area (Å²) in [4.78, 5) is 20.8. The van der Waals surface area contributed by atoms with Crippen molar-refractivity contribution in [1.82, 2.24) is 0 Å². The van der Waals surface area contributed by atoms with Gasteiger partial charge in [-0.15, -0.1) is 0 Å². The highest BCUT2D eigenvalue weighted by Crippen LogP contribution is 2.07. The third-order valence-corrected chi connectivity index (χ3v) is 1.93. The fraction of sp³-hybridized carbons (Fsp3) is 0.750. The van der Waals surface area contributed by atoms with Crippen LogP contribution in [-0.4, -0.2) is 79.8 Å². The second-order valence-corrected chi connectivity index (χ2v) is 3.10. The van der Waals surface area contributed by atoms with E-state index in [2.05, 4.69) is 0 Å². The van der Waals surface area contributed by atoms with Crippen molar-refractivity contribution in [3.8, 4) is 0 Å². The van der Waals surface area contributed by atoms with Crippen LogP contribution in [0.5, 0.6) is 0 Å². The van der Waals surface area contributed by atoms with Gasteiger partial charge in [-0.1, -0.05) is 0 Å². The number of aliphatic hydroxyl groups excluding tert-OH is 6. The molecule has 6 N–H and O–H groups in total. The second kappa shape index (κ2) is 6.63. The third-order valence-electron chi connectivity index (χ3n) is 1.93. The van der Waals surface area contributed by atoms with Gasteiger partial charge in [-0.3, -0.25) is 9.59 Å². The van der Waals surface area contributed by atoms with E-state index in [1.807, 2.05) is 0 Å². The zero-order chi connectivity index (χ0) is 12.9. The summed E-state index contributed by atoms with van der Waals surface area (Å²) in [6.45, 7) is -0.901. The van der Waals surface area contributed by atoms with E-state index < -0.39 is 42.9 Å². The molecule has 0 aromatic heterocycles. The van der Waals surface area contributed by atoms with E-state index in [9.17, 15) is 9.59 Å². The predicted molar refractivity (Wildman–Crippen MR) is 47.8 cm³/mol. The first-order valence-corrected chi connectivity index (χ1v) is 4.29. The van der Waals surface area contributed by atoms with Crippen LogP contribution in [-0.2, 0) is 9.59 Å². The Hall–Kier alpha value is -0.900. The molecule has 0 aromatic carbocycles. The van der Waals surface area contributed by atoms with Crippen LogP contribution in [0.15, 0.2) is 0 Å². The standard InChI is InChI=1S/C8H13O8/c9-1-3(11)5(13)7(15)8(16)6(14)4(12)2-10/h3-5,7-9,11-13,15-16H,1H2/t3-,4?,5-,7+,8+/m1/s1. The monoisotopic (exact) mass is 237 g/mol. The van der Waals surface area contributed by atoms with Gasteiger partial charge in [0.1, 0.15) is 24.4 Å². The van der Waals surface area contributed by atoms with E-state index in [1.165, 1.54) is 0 Å². The van der Waals surface area contributed by atoms with Crippen molar-refractivity contribution in [3.05, 3.63) is 0 Å². The Morgan fingerprint density at radius 1 is 1.06 bits per heavy atom. The summed E-state index contributed by atoms with van der Waals surface area (Å²) >= 11 is 0. The summed E-state index contributed by atoms with van der Waals surface area (Å²) in [5.41, 5.74) is 0. The maximum Gasteiger partial charge on any atom is 0.237 e. The van der Waals surface area contributed by atoms with Gasteiger partial charge >= 0.3 is 0 Å². The van der Waals surface area contributed by atoms with Gasteiger partial charge in [0.05, 0.1) is 6.61 Å². The lowest BCUT2D eigenvalue weighted by Crippen LogP contribution is -2.51. The van der Waals surface area contributed by atoms with Gasteiger partial charge in [0.2, 0.25) is 6.29 Å². The molecule has 1 unspecified atom stereocenters. The highest BCUT2D eigenvalue weighted by Gasteiger charge is 2.36. The molecule has 8 heteroatoms. The summed E-state index contributed by atoms with van der Waals surface area (Å²) in [5, 5.41) is 53.4. The molecule has 0 aliphatic carbocycles. The molecule has 0 aliphatic rings. The zero-order valence-corrected chi connectivity index (χ0v) is 8.09. The van der Waals surface area contributed by atoms with Crippen molar-refractivity contribution < 1.29 is 40.2 Å². The Morgan fingerprint density at radius 2 is 1.56 bits per heavy atom. The number of rotatable bonds is 7. The molecule has 0 heterocycles. The van der Waals surface area contributed by atoms with Crippen LogP contribution in [0.4, 0.5) is 0 Å². The van der Waals surface area contributed by atoms with E-state index in [-0.39, 0.29) is 0 Å². The Morgan fingerprint density at radius 3 is 1.94 bits per heavy atom. The van der Waals surface area contributed by atoms with Gasteiger partial charge in [-0.2, -0.15) is 0 Å². The highest BCUT2D eigenvalue weighted by molar-refractivity contribution is 5.99. The van der Waals surface area contributed by atoms with Crippen LogP contribution in [0.3, 0.4) is 0 Å². The lowest BCUT2D eigenvalue weighted by molar-refractivity contribution is -0.151. The van der Waals surface area contributed by atoms with Gasteiger partial charge in [0.15, 0.2) is 11.9 Å². The molecule has 5 atom stereocenters. The lowest BCUT2D eigenvalue weighted by atomic mass is 9.98. The highest BCUT2D eigenvalue weighted by atomic mass is 16.4. The van der Waals surface area contributed by atoms with Crippen LogP contribution in [0.2, 0.25) is 0 Å². The minimum absolute atomic E-state index is 0.874. The van der Waals surface area contributed by atoms with Gasteiger partial charge in [-0.05, 0) is 0 Å². The molecule has 0 aliphatic heterocycles. The first-order valence-electron chi connectivity index (χ1n) is 4.29. The molecule has 0 amide bonds. The van der Waals surface area contributed by atoms with Gasteiger partial charge in [0, 0.05) is 0 Å². The minimum atomic E-state index is -2.27. The maximum absolute atomic E-state index is 11.0. The van der Waals surface area contributed by atoms with Crippen LogP contribution in [0.1, 0.15) is 0 Å². The summed E-state index contributed by atoms with van der Waals surface area (Å²) in [7, 11) is 0. The van der Waals surface area contributed by atoms with Crippen molar-refractivity contribution in [2.24, 2.45) is 0 Å². The van der Waals surface area contributed by atoms with Gasteiger partial charge in [0.25, 0.3) is 0 Å². The molecule has 93 valence electrons. The van der Waals surface area contributed by atoms with Crippen LogP contribution >= 0.6 is 0 Å². The SMILES string of the molecule is O=[C]C(O)C(=O)[C@H](O)[C@@H](O)[C@H](O)[C@H](O)CO. The Balaban J connectivity index is 4.54. The molecular formula is C8H13O8. The van der Waals surface area contributed by atoms with Gasteiger partial charge < -0.3 is 30.6 Å². The minimum Gasteiger partial charge on any atom is -0.394 e. The van der Waals surface area contributed by atoms with E-state index in [4.69, 9.17) is 30.6 Å². The molecule has 0 rings (SSSR count). The topological polar surface area (TPSA) is 156 Å². The second-order valence-electron chi connectivity index (χ2n) is 3.10. The number of Topliss-reactive ketones (excluding diaryl/α,β-unsaturated/α-hetero) is 1. The normalized spacial score (nSPS) is 20.6. The average molecular weight is 237 g/mol. The van der Waals surface area contributed by atoms with Crippen LogP contribution in [0.25, 0.3) is 0 Å². The quantitative estimate of drug-likeness (QED) is 0.242. The predicted octanol–water partition coefficient (Wildman–Crippen LogP) is -4.54. The number of carbonyl (C=O) groups excluding carboxylic acids is 2. The van der Waals surface area contributed by atoms with E-state index >= 15 is 0 Å². The van der Waals surface area contributed by atoms with Crippen LogP contribution in [0, 0.1) is 0 Å². The molecule has 16 heavy (non-hydrogen) atoms. The lowest BCUT2D eigenvalue weighted by Gasteiger charge is -2.24. The first kappa shape index (κ1) is 15.1. The van der Waals surface area contributed by atoms with E-state index in [0.717, 1.165) is 6.29 Å². The maximum atomic E-state index is 11.0. The number of hydrogen-bond donors (Lipinski definition) is 6. The molecule has 0 saturated carbocycles. The number of carbonyl (C=O) groups is 1. The third kappa shape index (κ3) is 3.59. The number of ketones is 1. The molecule has 1 radical (unpaired) electrons. The number of aliphatic hydroxyl groups is 6. The van der Waals surface area contributed by atoms with E-state index in [0.29, 0.717) is 0 Å². The van der Waals surface area contributed by atoms with Crippen molar-refractivity contribution in [3.63, 3.8) is 0 Å². The summed E-state index contributed by atoms with van der Waals surface area (Å²) < 4.78 is 0. The van der Waals surface area contributed by atoms with Gasteiger partial charge in [-0.25, -0.2) is 0 Å². The zero-order valence-electron chi connectivity index (χ0n) is 8.09. The molecule has 0 bridgehead atoms. The Kier molecular flexibility index (Phi) is 6.26. The smallest absolute Gasteiger partial charge is 0.237 e. The molecule has 0 spiro atoms. The molecule has 8 nitrogen and oxygen atoms in total. The molecule has 0 fully saturated rings. The average Bonchev–Trinajstić information content (AvgIpc) is 2.32. The largest absolute Gasteiger partial charge is 0.394 e. The van der Waals surface area contributed by atoms with Crippen LogP contribution < -0.4 is 0 Å². The Bertz CT molecular complexity index is 242. The molecule has 0 aromatic rings.